The van der Waals surface area contributed by atoms with Crippen molar-refractivity contribution in [3.63, 3.8) is 0 Å². The number of nitrogens with zero attached hydrogens (tertiary/aromatic N) is 1. The highest BCUT2D eigenvalue weighted by atomic mass is 79.9. The molecule has 3 atom stereocenters. The van der Waals surface area contributed by atoms with E-state index < -0.39 is 6.10 Å². The van der Waals surface area contributed by atoms with E-state index in [1.165, 1.54) is 0 Å². The largest absolute Gasteiger partial charge is 0.387 e. The van der Waals surface area contributed by atoms with Gasteiger partial charge in [-0.2, -0.15) is 0 Å². The van der Waals surface area contributed by atoms with Crippen molar-refractivity contribution in [3.8, 4) is 0 Å². The molecular formula is C17H16BrCl2NO2S. The van der Waals surface area contributed by atoms with E-state index >= 15 is 0 Å². The smallest absolute Gasteiger partial charge is 0.142 e. The molecule has 0 radical (unpaired) electrons. The number of aliphatic hydroxyl groups excluding tert-OH is 1. The van der Waals surface area contributed by atoms with Gasteiger partial charge in [0.05, 0.1) is 27.9 Å². The number of piperidine rings is 1. The molecule has 0 aliphatic carbocycles. The highest BCUT2D eigenvalue weighted by molar-refractivity contribution is 9.10. The van der Waals surface area contributed by atoms with Crippen molar-refractivity contribution in [3.05, 3.63) is 49.0 Å². The Morgan fingerprint density at radius 1 is 1.33 bits per heavy atom. The van der Waals surface area contributed by atoms with Crippen LogP contribution < -0.4 is 4.90 Å². The van der Waals surface area contributed by atoms with Gasteiger partial charge in [-0.05, 0) is 36.4 Å². The van der Waals surface area contributed by atoms with Gasteiger partial charge < -0.3 is 14.8 Å². The minimum atomic E-state index is -0.548. The number of aliphatic hydroxyl groups is 1. The summed E-state index contributed by atoms with van der Waals surface area (Å²) < 4.78 is 0.788. The first-order valence-electron chi connectivity index (χ1n) is 7.59. The van der Waals surface area contributed by atoms with Crippen molar-refractivity contribution in [2.24, 2.45) is 5.92 Å². The van der Waals surface area contributed by atoms with Crippen LogP contribution in [0.1, 0.15) is 23.8 Å². The fourth-order valence-electron chi connectivity index (χ4n) is 3.18. The third-order valence-electron chi connectivity index (χ3n) is 4.37. The zero-order chi connectivity index (χ0) is 17.3. The summed E-state index contributed by atoms with van der Waals surface area (Å²) in [6, 6.07) is 7.12. The topological polar surface area (TPSA) is 40.5 Å². The number of rotatable bonds is 4. The molecule has 2 aromatic rings. The second-order valence-corrected chi connectivity index (χ2v) is 8.58. The van der Waals surface area contributed by atoms with Gasteiger partial charge in [0.25, 0.3) is 0 Å². The summed E-state index contributed by atoms with van der Waals surface area (Å²) in [5.74, 6) is 0.0237. The first kappa shape index (κ1) is 18.2. The summed E-state index contributed by atoms with van der Waals surface area (Å²) in [5.41, 5.74) is 0.654. The Balaban J connectivity index is 1.91. The molecular weight excluding hydrogens is 433 g/mol. The van der Waals surface area contributed by atoms with Gasteiger partial charge in [0.15, 0.2) is 0 Å². The van der Waals surface area contributed by atoms with Gasteiger partial charge in [0.2, 0.25) is 0 Å². The van der Waals surface area contributed by atoms with Crippen LogP contribution in [-0.2, 0) is 4.79 Å². The first-order valence-corrected chi connectivity index (χ1v) is 10.0. The van der Waals surface area contributed by atoms with Crippen LogP contribution in [0.25, 0.3) is 0 Å². The van der Waals surface area contributed by atoms with Crippen LogP contribution in [0.2, 0.25) is 10.0 Å². The molecule has 1 aromatic carbocycles. The Morgan fingerprint density at radius 2 is 2.04 bits per heavy atom. The monoisotopic (exact) mass is 447 g/mol. The number of thiophene rings is 1. The summed E-state index contributed by atoms with van der Waals surface area (Å²) in [7, 11) is 0. The van der Waals surface area contributed by atoms with Crippen LogP contribution in [0.4, 0.5) is 5.69 Å². The Labute approximate surface area is 163 Å². The Bertz CT molecular complexity index is 702. The molecule has 3 nitrogen and oxygen atoms in total. The van der Waals surface area contributed by atoms with Crippen LogP contribution in [0, 0.1) is 5.92 Å². The SMILES string of the molecule is O=CC1CCC(C(O)c2cccs2)CN1c1c(Cl)cc(Br)cc1Cl. The molecule has 0 spiro atoms. The van der Waals surface area contributed by atoms with Crippen LogP contribution in [0.5, 0.6) is 0 Å². The molecule has 0 amide bonds. The maximum Gasteiger partial charge on any atom is 0.142 e. The molecule has 3 rings (SSSR count). The highest BCUT2D eigenvalue weighted by Crippen LogP contribution is 2.42. The van der Waals surface area contributed by atoms with E-state index in [-0.39, 0.29) is 12.0 Å². The number of anilines is 1. The summed E-state index contributed by atoms with van der Waals surface area (Å²) in [5, 5.41) is 13.6. The number of benzene rings is 1. The molecule has 3 unspecified atom stereocenters. The molecule has 128 valence electrons. The zero-order valence-electron chi connectivity index (χ0n) is 12.7. The summed E-state index contributed by atoms with van der Waals surface area (Å²) in [6.07, 6.45) is 1.83. The fourth-order valence-corrected chi connectivity index (χ4v) is 5.41. The molecule has 1 fully saturated rings. The van der Waals surface area contributed by atoms with Crippen molar-refractivity contribution < 1.29 is 9.90 Å². The van der Waals surface area contributed by atoms with Crippen molar-refractivity contribution in [1.82, 2.24) is 0 Å². The van der Waals surface area contributed by atoms with E-state index in [0.717, 1.165) is 22.1 Å². The molecule has 2 heterocycles. The van der Waals surface area contributed by atoms with E-state index in [1.807, 2.05) is 22.4 Å². The number of carbonyl (C=O) groups is 1. The molecule has 7 heteroatoms. The molecule has 1 aliphatic heterocycles. The van der Waals surface area contributed by atoms with Gasteiger partial charge in [-0.25, -0.2) is 0 Å². The number of aldehydes is 1. The van der Waals surface area contributed by atoms with Gasteiger partial charge in [0.1, 0.15) is 6.29 Å². The van der Waals surface area contributed by atoms with Crippen LogP contribution in [-0.4, -0.2) is 24.0 Å². The number of carbonyl (C=O) groups excluding carboxylic acids is 1. The number of halogens is 3. The number of hydrogen-bond acceptors (Lipinski definition) is 4. The molecule has 1 aliphatic rings. The van der Waals surface area contributed by atoms with E-state index in [1.54, 1.807) is 23.5 Å². The standard InChI is InChI=1S/C17H16BrCl2NO2S/c18-11-6-13(19)16(14(20)7-11)21-8-10(3-4-12(21)9-22)17(23)15-2-1-5-24-15/h1-2,5-7,9-10,12,17,23H,3-4,8H2. The molecule has 1 N–H and O–H groups in total. The van der Waals surface area contributed by atoms with E-state index in [2.05, 4.69) is 15.9 Å². The van der Waals surface area contributed by atoms with Crippen LogP contribution >= 0.6 is 50.5 Å². The third kappa shape index (κ3) is 3.65. The molecule has 1 saturated heterocycles. The zero-order valence-corrected chi connectivity index (χ0v) is 16.6. The summed E-state index contributed by atoms with van der Waals surface area (Å²) >= 11 is 17.7. The van der Waals surface area contributed by atoms with Gasteiger partial charge in [0, 0.05) is 21.8 Å². The van der Waals surface area contributed by atoms with E-state index in [0.29, 0.717) is 28.7 Å². The van der Waals surface area contributed by atoms with Gasteiger partial charge in [-0.3, -0.25) is 0 Å². The maximum absolute atomic E-state index is 11.5. The highest BCUT2D eigenvalue weighted by Gasteiger charge is 2.34. The quantitative estimate of drug-likeness (QED) is 0.642. The van der Waals surface area contributed by atoms with Gasteiger partial charge >= 0.3 is 0 Å². The summed E-state index contributed by atoms with van der Waals surface area (Å²) in [4.78, 5) is 14.4. The van der Waals surface area contributed by atoms with Crippen LogP contribution in [0.3, 0.4) is 0 Å². The lowest BCUT2D eigenvalue weighted by molar-refractivity contribution is -0.109. The lowest BCUT2D eigenvalue weighted by Gasteiger charge is -2.41. The normalized spacial score (nSPS) is 22.4. The van der Waals surface area contributed by atoms with Crippen molar-refractivity contribution >= 4 is 62.4 Å². The predicted octanol–water partition coefficient (Wildman–Crippen LogP) is 5.33. The van der Waals surface area contributed by atoms with Crippen molar-refractivity contribution in [1.29, 1.82) is 0 Å². The third-order valence-corrected chi connectivity index (χ3v) is 6.35. The van der Waals surface area contributed by atoms with Crippen LogP contribution in [0.15, 0.2) is 34.1 Å². The molecule has 24 heavy (non-hydrogen) atoms. The Morgan fingerprint density at radius 3 is 2.62 bits per heavy atom. The average Bonchev–Trinajstić information content (AvgIpc) is 3.07. The lowest BCUT2D eigenvalue weighted by atomic mass is 9.88. The molecule has 0 bridgehead atoms. The molecule has 1 aromatic heterocycles. The van der Waals surface area contributed by atoms with Crippen molar-refractivity contribution in [2.75, 3.05) is 11.4 Å². The fraction of sp³-hybridized carbons (Fsp3) is 0.353. The second kappa shape index (κ2) is 7.75. The first-order chi connectivity index (χ1) is 11.5. The Hall–Kier alpha value is -0.590. The summed E-state index contributed by atoms with van der Waals surface area (Å²) in [6.45, 7) is 0.531. The van der Waals surface area contributed by atoms with E-state index in [4.69, 9.17) is 23.2 Å². The van der Waals surface area contributed by atoms with E-state index in [9.17, 15) is 9.90 Å². The Kier molecular flexibility index (Phi) is 5.88. The minimum absolute atomic E-state index is 0.0237. The van der Waals surface area contributed by atoms with Gasteiger partial charge in [-0.1, -0.05) is 45.2 Å². The predicted molar refractivity (Wildman–Crippen MR) is 103 cm³/mol. The van der Waals surface area contributed by atoms with Crippen molar-refractivity contribution in [2.45, 2.75) is 25.0 Å². The van der Waals surface area contributed by atoms with Gasteiger partial charge in [-0.15, -0.1) is 11.3 Å². The average molecular weight is 449 g/mol. The molecule has 0 saturated carbocycles. The lowest BCUT2D eigenvalue weighted by Crippen LogP contribution is -2.46. The number of hydrogen-bond donors (Lipinski definition) is 1. The maximum atomic E-state index is 11.5. The second-order valence-electron chi connectivity index (χ2n) is 5.87. The minimum Gasteiger partial charge on any atom is -0.387 e.